The van der Waals surface area contributed by atoms with E-state index in [0.29, 0.717) is 11.0 Å². The zero-order valence-electron chi connectivity index (χ0n) is 15.1. The highest BCUT2D eigenvalue weighted by atomic mass is 15.5. The Morgan fingerprint density at radius 3 is 1.93 bits per heavy atom. The molecule has 2 aliphatic heterocycles. The minimum Gasteiger partial charge on any atom is -0.395 e. The maximum atomic E-state index is 9.46. The smallest absolute Gasteiger partial charge is 0.172 e. The number of hydrogen-bond acceptors (Lipinski definition) is 10. The van der Waals surface area contributed by atoms with Crippen molar-refractivity contribution in [2.75, 3.05) is 11.1 Å². The first kappa shape index (κ1) is 18.3. The number of hydrogen-bond donors (Lipinski definition) is 2. The number of benzene rings is 1. The van der Waals surface area contributed by atoms with Gasteiger partial charge in [0, 0.05) is 0 Å². The van der Waals surface area contributed by atoms with E-state index in [4.69, 9.17) is 11.0 Å². The van der Waals surface area contributed by atoms with Crippen LogP contribution in [0.1, 0.15) is 18.5 Å². The van der Waals surface area contributed by atoms with Crippen LogP contribution in [-0.2, 0) is 0 Å². The molecule has 5 atom stereocenters. The average molecular weight is 394 g/mol. The predicted molar refractivity (Wildman–Crippen MR) is 98.0 cm³/mol. The Morgan fingerprint density at radius 1 is 0.867 bits per heavy atom. The van der Waals surface area contributed by atoms with Gasteiger partial charge in [-0.3, -0.25) is 19.3 Å². The van der Waals surface area contributed by atoms with E-state index in [1.54, 1.807) is 9.36 Å². The van der Waals surface area contributed by atoms with Crippen LogP contribution in [0.3, 0.4) is 0 Å². The Balaban J connectivity index is 2.09. The Bertz CT molecular complexity index is 1460. The minimum atomic E-state index is -1.06. The SMILES string of the molecule is N#CCC(C#N)Nc1c(N)c2c(c3c1n1n3C(C#N)C1C#N)=NC(C#N)C(C#N)N=2. The lowest BCUT2D eigenvalue weighted by molar-refractivity contribution is 0.228. The number of nitrogens with two attached hydrogens (primary N) is 1. The summed E-state index contributed by atoms with van der Waals surface area (Å²) in [7, 11) is 0. The topological polar surface area (TPSA) is 215 Å². The molecule has 3 N–H and O–H groups in total. The summed E-state index contributed by atoms with van der Waals surface area (Å²) in [6, 6.07) is 7.30. The molecule has 0 aliphatic carbocycles. The van der Waals surface area contributed by atoms with Gasteiger partial charge in [0.1, 0.15) is 27.8 Å². The van der Waals surface area contributed by atoms with Gasteiger partial charge in [0.2, 0.25) is 0 Å². The van der Waals surface area contributed by atoms with E-state index in [-0.39, 0.29) is 28.5 Å². The monoisotopic (exact) mass is 394 g/mol. The fourth-order valence-electron chi connectivity index (χ4n) is 3.73. The number of aromatic nitrogens is 2. The average Bonchev–Trinajstić information content (AvgIpc) is 2.75. The first-order valence-electron chi connectivity index (χ1n) is 8.67. The maximum absolute atomic E-state index is 9.46. The van der Waals surface area contributed by atoms with E-state index < -0.39 is 30.2 Å². The molecular formula is C18H10N12. The highest BCUT2D eigenvalue weighted by Crippen LogP contribution is 2.44. The van der Waals surface area contributed by atoms with Crippen molar-refractivity contribution in [3.05, 3.63) is 10.7 Å². The molecule has 2 aliphatic rings. The van der Waals surface area contributed by atoms with Gasteiger partial charge in [-0.2, -0.15) is 31.6 Å². The third-order valence-corrected chi connectivity index (χ3v) is 5.08. The van der Waals surface area contributed by atoms with E-state index in [9.17, 15) is 26.3 Å². The van der Waals surface area contributed by atoms with Gasteiger partial charge in [-0.05, 0) is 0 Å². The first-order chi connectivity index (χ1) is 14.6. The molecule has 142 valence electrons. The number of nitrogens with zero attached hydrogens (tertiary/aromatic N) is 10. The molecule has 4 rings (SSSR count). The van der Waals surface area contributed by atoms with Gasteiger partial charge in [-0.25, -0.2) is 0 Å². The lowest BCUT2D eigenvalue weighted by atomic mass is 9.99. The summed E-state index contributed by atoms with van der Waals surface area (Å²) < 4.78 is 3.11. The van der Waals surface area contributed by atoms with E-state index in [1.807, 2.05) is 24.3 Å². The molecule has 12 heteroatoms. The lowest BCUT2D eigenvalue weighted by Crippen LogP contribution is -2.51. The molecule has 0 radical (unpaired) electrons. The summed E-state index contributed by atoms with van der Waals surface area (Å²) in [6.45, 7) is 0. The second-order valence-electron chi connectivity index (χ2n) is 6.61. The van der Waals surface area contributed by atoms with Crippen LogP contribution in [-0.4, -0.2) is 27.5 Å². The molecule has 1 aromatic carbocycles. The van der Waals surface area contributed by atoms with Gasteiger partial charge >= 0.3 is 0 Å². The largest absolute Gasteiger partial charge is 0.395 e. The number of anilines is 2. The zero-order chi connectivity index (χ0) is 21.6. The highest BCUT2D eigenvalue weighted by molar-refractivity contribution is 5.98. The summed E-state index contributed by atoms with van der Waals surface area (Å²) in [5.41, 5.74) is 7.53. The van der Waals surface area contributed by atoms with Crippen molar-refractivity contribution in [2.45, 2.75) is 36.6 Å². The van der Waals surface area contributed by atoms with Gasteiger partial charge in [0.25, 0.3) is 0 Å². The van der Waals surface area contributed by atoms with E-state index in [0.717, 1.165) is 0 Å². The molecule has 0 bridgehead atoms. The van der Waals surface area contributed by atoms with Gasteiger partial charge in [0.15, 0.2) is 24.2 Å². The van der Waals surface area contributed by atoms with Crippen molar-refractivity contribution >= 4 is 22.4 Å². The molecule has 0 fully saturated rings. The Labute approximate surface area is 168 Å². The molecule has 1 aromatic heterocycles. The number of rotatable bonds is 3. The fraction of sp³-hybridized carbons (Fsp3) is 0.333. The quantitative estimate of drug-likeness (QED) is 0.506. The first-order valence-corrected chi connectivity index (χ1v) is 8.67. The number of nitrogen functional groups attached to an aromatic ring is 1. The molecule has 0 amide bonds. The standard InChI is InChI=1S/C18H10N12/c19-2-1-8(3-20)26-15-13(25)14-16(28-10(5-22)9(4-21)27-14)18-17(15)29-11(6-23)12(7-24)30(18)29/h8-12,26H,1,25H2. The molecule has 0 spiro atoms. The van der Waals surface area contributed by atoms with Crippen molar-refractivity contribution < 1.29 is 0 Å². The van der Waals surface area contributed by atoms with Crippen LogP contribution in [0.5, 0.6) is 0 Å². The van der Waals surface area contributed by atoms with Crippen molar-refractivity contribution in [1.82, 2.24) is 9.36 Å². The predicted octanol–water partition coefficient (Wildman–Crippen LogP) is -0.577. The third kappa shape index (κ3) is 2.14. The lowest BCUT2D eigenvalue weighted by Gasteiger charge is -2.44. The van der Waals surface area contributed by atoms with Crippen LogP contribution < -0.4 is 21.8 Å². The molecule has 12 nitrogen and oxygen atoms in total. The second-order valence-corrected chi connectivity index (χ2v) is 6.61. The molecular weight excluding hydrogens is 384 g/mol. The van der Waals surface area contributed by atoms with E-state index in [2.05, 4.69) is 27.4 Å². The Kier molecular flexibility index (Phi) is 3.99. The molecule has 0 saturated heterocycles. The van der Waals surface area contributed by atoms with Crippen LogP contribution in [0.4, 0.5) is 11.4 Å². The highest BCUT2D eigenvalue weighted by Gasteiger charge is 2.45. The summed E-state index contributed by atoms with van der Waals surface area (Å²) in [4.78, 5) is 8.62. The number of fused-ring (bicyclic) bond motifs is 6. The fourth-order valence-corrected chi connectivity index (χ4v) is 3.73. The van der Waals surface area contributed by atoms with Gasteiger partial charge in [-0.1, -0.05) is 0 Å². The third-order valence-electron chi connectivity index (χ3n) is 5.08. The Hall–Kier alpha value is -5.04. The van der Waals surface area contributed by atoms with Gasteiger partial charge in [-0.15, -0.1) is 0 Å². The number of nitriles is 6. The molecule has 5 unspecified atom stereocenters. The van der Waals surface area contributed by atoms with Crippen LogP contribution in [0.25, 0.3) is 11.0 Å². The summed E-state index contributed by atoms with van der Waals surface area (Å²) in [5.74, 6) is 0. The van der Waals surface area contributed by atoms with Crippen molar-refractivity contribution in [3.63, 3.8) is 0 Å². The van der Waals surface area contributed by atoms with Gasteiger partial charge < -0.3 is 11.1 Å². The van der Waals surface area contributed by atoms with Crippen LogP contribution in [0.2, 0.25) is 0 Å². The van der Waals surface area contributed by atoms with E-state index >= 15 is 0 Å². The summed E-state index contributed by atoms with van der Waals surface area (Å²) in [6.07, 6.45) is -0.118. The summed E-state index contributed by atoms with van der Waals surface area (Å²) in [5, 5.41) is 59.2. The molecule has 30 heavy (non-hydrogen) atoms. The van der Waals surface area contributed by atoms with Crippen LogP contribution in [0.15, 0.2) is 9.98 Å². The summed E-state index contributed by atoms with van der Waals surface area (Å²) >= 11 is 0. The van der Waals surface area contributed by atoms with Crippen LogP contribution >= 0.6 is 0 Å². The molecule has 0 saturated carbocycles. The second kappa shape index (κ2) is 6.54. The van der Waals surface area contributed by atoms with Crippen LogP contribution in [0, 0.1) is 68.0 Å². The van der Waals surface area contributed by atoms with Crippen molar-refractivity contribution in [2.24, 2.45) is 9.98 Å². The number of nitrogens with one attached hydrogen (secondary N) is 1. The van der Waals surface area contributed by atoms with Gasteiger partial charge in [0.05, 0.1) is 54.2 Å². The van der Waals surface area contributed by atoms with E-state index in [1.165, 1.54) is 0 Å². The van der Waals surface area contributed by atoms with Crippen molar-refractivity contribution in [1.29, 1.82) is 31.6 Å². The molecule has 3 heterocycles. The Morgan fingerprint density at radius 2 is 1.43 bits per heavy atom. The zero-order valence-corrected chi connectivity index (χ0v) is 15.1. The van der Waals surface area contributed by atoms with Crippen molar-refractivity contribution in [3.8, 4) is 36.4 Å². The molecule has 2 aromatic rings. The minimum absolute atomic E-state index is 0.0825. The normalized spacial score (nSPS) is 23.8. The maximum Gasteiger partial charge on any atom is 0.172 e.